The van der Waals surface area contributed by atoms with E-state index in [1.54, 1.807) is 18.2 Å². The van der Waals surface area contributed by atoms with Crippen molar-refractivity contribution in [3.63, 3.8) is 0 Å². The third-order valence-corrected chi connectivity index (χ3v) is 3.71. The van der Waals surface area contributed by atoms with Crippen LogP contribution in [0.4, 0.5) is 11.4 Å². The van der Waals surface area contributed by atoms with Gasteiger partial charge in [-0.3, -0.25) is 15.1 Å². The van der Waals surface area contributed by atoms with E-state index in [9.17, 15) is 10.1 Å². The highest BCUT2D eigenvalue weighted by atomic mass is 35.5. The summed E-state index contributed by atoms with van der Waals surface area (Å²) in [5.41, 5.74) is 0.717. The summed E-state index contributed by atoms with van der Waals surface area (Å²) in [5, 5.41) is 11.9. The van der Waals surface area contributed by atoms with Crippen LogP contribution >= 0.6 is 23.2 Å². The normalized spacial score (nSPS) is 12.8. The third-order valence-electron chi connectivity index (χ3n) is 2.97. The van der Waals surface area contributed by atoms with E-state index >= 15 is 0 Å². The van der Waals surface area contributed by atoms with Crippen LogP contribution in [0.2, 0.25) is 10.0 Å². The fraction of sp³-hybridized carbons (Fsp3) is 0.0714. The minimum absolute atomic E-state index is 0.0415. The lowest BCUT2D eigenvalue weighted by Crippen LogP contribution is -1.94. The number of hydrogen-bond donors (Lipinski definition) is 0. The van der Waals surface area contributed by atoms with E-state index < -0.39 is 4.92 Å². The Labute approximate surface area is 135 Å². The molecule has 0 bridgehead atoms. The van der Waals surface area contributed by atoms with Crippen LogP contribution in [0.3, 0.4) is 0 Å². The number of nitro benzene ring substituents is 1. The highest BCUT2D eigenvalue weighted by Gasteiger charge is 2.22. The quantitative estimate of drug-likeness (QED) is 0.472. The van der Waals surface area contributed by atoms with Crippen LogP contribution < -0.4 is 9.47 Å². The average molecular weight is 339 g/mol. The topological polar surface area (TPSA) is 74.0 Å². The van der Waals surface area contributed by atoms with Gasteiger partial charge in [0.1, 0.15) is 0 Å². The van der Waals surface area contributed by atoms with E-state index in [1.807, 2.05) is 0 Å². The molecule has 0 amide bonds. The summed E-state index contributed by atoms with van der Waals surface area (Å²) < 4.78 is 10.3. The average Bonchev–Trinajstić information content (AvgIpc) is 2.94. The van der Waals surface area contributed by atoms with Gasteiger partial charge in [0.05, 0.1) is 32.3 Å². The Hall–Kier alpha value is -2.31. The van der Waals surface area contributed by atoms with Crippen molar-refractivity contribution >= 4 is 40.8 Å². The number of nitro groups is 1. The molecule has 0 fully saturated rings. The molecule has 0 aromatic heterocycles. The molecule has 6 nitrogen and oxygen atoms in total. The number of rotatable bonds is 3. The van der Waals surface area contributed by atoms with Crippen molar-refractivity contribution in [2.24, 2.45) is 4.99 Å². The van der Waals surface area contributed by atoms with Crippen LogP contribution in [0, 0.1) is 10.1 Å². The molecule has 1 heterocycles. The second-order valence-corrected chi connectivity index (χ2v) is 5.19. The van der Waals surface area contributed by atoms with Gasteiger partial charge in [-0.15, -0.1) is 0 Å². The minimum Gasteiger partial charge on any atom is -0.454 e. The highest BCUT2D eigenvalue weighted by molar-refractivity contribution is 6.42. The molecule has 1 aliphatic heterocycles. The van der Waals surface area contributed by atoms with E-state index in [0.29, 0.717) is 32.8 Å². The Bertz CT molecular complexity index is 793. The van der Waals surface area contributed by atoms with Crippen LogP contribution in [0.1, 0.15) is 5.56 Å². The molecular formula is C14H8Cl2N2O4. The zero-order valence-electron chi connectivity index (χ0n) is 11.0. The van der Waals surface area contributed by atoms with Crippen molar-refractivity contribution in [1.29, 1.82) is 0 Å². The standard InChI is InChI=1S/C14H8Cl2N2O4/c15-10-2-1-9(4-11(10)16)17-6-8-3-13-14(22-7-21-13)5-12(8)18(19)20/h1-6H,7H2. The second-order valence-electron chi connectivity index (χ2n) is 4.38. The zero-order valence-corrected chi connectivity index (χ0v) is 12.5. The summed E-state index contributed by atoms with van der Waals surface area (Å²) in [6.07, 6.45) is 1.37. The minimum atomic E-state index is -0.502. The molecule has 0 atom stereocenters. The largest absolute Gasteiger partial charge is 0.454 e. The lowest BCUT2D eigenvalue weighted by molar-refractivity contribution is -0.385. The molecule has 0 N–H and O–H groups in total. The number of aliphatic imine (C=N–C) groups is 1. The first-order chi connectivity index (χ1) is 10.5. The molecule has 0 saturated carbocycles. The molecule has 0 radical (unpaired) electrons. The maximum atomic E-state index is 11.1. The fourth-order valence-corrected chi connectivity index (χ4v) is 2.21. The fourth-order valence-electron chi connectivity index (χ4n) is 1.92. The van der Waals surface area contributed by atoms with E-state index in [2.05, 4.69) is 4.99 Å². The first-order valence-electron chi connectivity index (χ1n) is 6.12. The van der Waals surface area contributed by atoms with Crippen molar-refractivity contribution in [1.82, 2.24) is 0 Å². The molecule has 8 heteroatoms. The number of benzene rings is 2. The molecule has 2 aromatic rings. The van der Waals surface area contributed by atoms with Crippen LogP contribution in [-0.2, 0) is 0 Å². The Morgan fingerprint density at radius 2 is 1.86 bits per heavy atom. The van der Waals surface area contributed by atoms with Gasteiger partial charge in [0, 0.05) is 6.21 Å². The SMILES string of the molecule is O=[N+]([O-])c1cc2c(cc1C=Nc1ccc(Cl)c(Cl)c1)OCO2. The highest BCUT2D eigenvalue weighted by Crippen LogP contribution is 2.37. The van der Waals surface area contributed by atoms with Crippen molar-refractivity contribution in [2.75, 3.05) is 6.79 Å². The van der Waals surface area contributed by atoms with Gasteiger partial charge in [0.2, 0.25) is 6.79 Å². The Kier molecular flexibility index (Phi) is 3.87. The van der Waals surface area contributed by atoms with Crippen molar-refractivity contribution in [3.05, 3.63) is 56.1 Å². The molecule has 0 saturated heterocycles. The second kappa shape index (κ2) is 5.82. The number of fused-ring (bicyclic) bond motifs is 1. The summed E-state index contributed by atoms with van der Waals surface area (Å²) in [7, 11) is 0. The summed E-state index contributed by atoms with van der Waals surface area (Å²) in [5.74, 6) is 0.791. The molecule has 0 aliphatic carbocycles. The number of halogens is 2. The number of hydrogen-bond acceptors (Lipinski definition) is 5. The van der Waals surface area contributed by atoms with E-state index in [0.717, 1.165) is 0 Å². The molecule has 2 aromatic carbocycles. The van der Waals surface area contributed by atoms with Gasteiger partial charge < -0.3 is 9.47 Å². The Morgan fingerprint density at radius 1 is 1.14 bits per heavy atom. The number of nitrogens with zero attached hydrogens (tertiary/aromatic N) is 2. The summed E-state index contributed by atoms with van der Waals surface area (Å²) in [6, 6.07) is 7.66. The van der Waals surface area contributed by atoms with Crippen molar-refractivity contribution in [2.45, 2.75) is 0 Å². The molecule has 0 unspecified atom stereocenters. The van der Waals surface area contributed by atoms with Gasteiger partial charge in [0.15, 0.2) is 11.5 Å². The van der Waals surface area contributed by atoms with Crippen molar-refractivity contribution in [3.8, 4) is 11.5 Å². The van der Waals surface area contributed by atoms with E-state index in [1.165, 1.54) is 18.3 Å². The van der Waals surface area contributed by atoms with Gasteiger partial charge >= 0.3 is 0 Å². The lowest BCUT2D eigenvalue weighted by Gasteiger charge is -2.01. The first-order valence-corrected chi connectivity index (χ1v) is 6.87. The van der Waals surface area contributed by atoms with E-state index in [-0.39, 0.29) is 12.5 Å². The maximum Gasteiger partial charge on any atom is 0.282 e. The van der Waals surface area contributed by atoms with E-state index in [4.69, 9.17) is 32.7 Å². The number of ether oxygens (including phenoxy) is 2. The van der Waals surface area contributed by atoms with Crippen LogP contribution in [-0.4, -0.2) is 17.9 Å². The van der Waals surface area contributed by atoms with Gasteiger partial charge in [-0.1, -0.05) is 23.2 Å². The third kappa shape index (κ3) is 2.84. The van der Waals surface area contributed by atoms with Crippen LogP contribution in [0.5, 0.6) is 11.5 Å². The molecule has 112 valence electrons. The molecule has 1 aliphatic rings. The molecular weight excluding hydrogens is 331 g/mol. The Balaban J connectivity index is 1.98. The summed E-state index contributed by atoms with van der Waals surface area (Å²) in [6.45, 7) is 0.0415. The predicted octanol–water partition coefficient (Wildman–Crippen LogP) is 4.38. The smallest absolute Gasteiger partial charge is 0.282 e. The molecule has 22 heavy (non-hydrogen) atoms. The molecule has 0 spiro atoms. The summed E-state index contributed by atoms with van der Waals surface area (Å²) >= 11 is 11.7. The van der Waals surface area contributed by atoms with Gasteiger partial charge in [-0.25, -0.2) is 0 Å². The predicted molar refractivity (Wildman–Crippen MR) is 82.9 cm³/mol. The van der Waals surface area contributed by atoms with Gasteiger partial charge in [-0.2, -0.15) is 0 Å². The van der Waals surface area contributed by atoms with Gasteiger partial charge in [0.25, 0.3) is 5.69 Å². The van der Waals surface area contributed by atoms with Crippen LogP contribution in [0.15, 0.2) is 35.3 Å². The first kappa shape index (κ1) is 14.6. The summed E-state index contributed by atoms with van der Waals surface area (Å²) in [4.78, 5) is 14.8. The molecule has 3 rings (SSSR count). The monoisotopic (exact) mass is 338 g/mol. The Morgan fingerprint density at radius 3 is 2.55 bits per heavy atom. The van der Waals surface area contributed by atoms with Crippen molar-refractivity contribution < 1.29 is 14.4 Å². The van der Waals surface area contributed by atoms with Gasteiger partial charge in [-0.05, 0) is 24.3 Å². The lowest BCUT2D eigenvalue weighted by atomic mass is 10.1. The zero-order chi connectivity index (χ0) is 15.7. The van der Waals surface area contributed by atoms with Crippen LogP contribution in [0.25, 0.3) is 0 Å². The maximum absolute atomic E-state index is 11.1.